The summed E-state index contributed by atoms with van der Waals surface area (Å²) < 4.78 is 1.47. The van der Waals surface area contributed by atoms with Crippen LogP contribution in [-0.2, 0) is 0 Å². The Morgan fingerprint density at radius 1 is 1.00 bits per heavy atom. The van der Waals surface area contributed by atoms with E-state index in [-0.39, 0.29) is 0 Å². The normalized spacial score (nSPS) is 10.8. The molecule has 16 heavy (non-hydrogen) atoms. The van der Waals surface area contributed by atoms with Crippen LogP contribution in [0.4, 0.5) is 0 Å². The molecule has 1 aromatic heterocycles. The first-order valence-electron chi connectivity index (χ1n) is 6.20. The lowest BCUT2D eigenvalue weighted by Gasteiger charge is -2.01. The summed E-state index contributed by atoms with van der Waals surface area (Å²) in [6.07, 6.45) is 9.66. The Hall–Kier alpha value is 0.400. The summed E-state index contributed by atoms with van der Waals surface area (Å²) in [5, 5.41) is 2.16. The van der Waals surface area contributed by atoms with Crippen LogP contribution < -0.4 is 0 Å². The summed E-state index contributed by atoms with van der Waals surface area (Å²) in [6.45, 7) is 0. The zero-order valence-electron chi connectivity index (χ0n) is 9.86. The smallest absolute Gasteiger partial charge is 0.0598 e. The van der Waals surface area contributed by atoms with E-state index in [1.165, 1.54) is 54.9 Å². The van der Waals surface area contributed by atoms with Crippen LogP contribution in [0.25, 0.3) is 0 Å². The van der Waals surface area contributed by atoms with Gasteiger partial charge in [0.05, 0.1) is 4.21 Å². The molecular formula is C13H22S3. The molecule has 0 spiro atoms. The number of hydrogen-bond acceptors (Lipinski definition) is 3. The zero-order valence-corrected chi connectivity index (χ0v) is 12.4. The van der Waals surface area contributed by atoms with Gasteiger partial charge in [-0.15, -0.1) is 23.1 Å². The third-order valence-electron chi connectivity index (χ3n) is 2.54. The summed E-state index contributed by atoms with van der Waals surface area (Å²) in [4.78, 5) is 0. The van der Waals surface area contributed by atoms with Gasteiger partial charge < -0.3 is 0 Å². The summed E-state index contributed by atoms with van der Waals surface area (Å²) >= 11 is 8.08. The second kappa shape index (κ2) is 10.5. The standard InChI is InChI=1S/C13H22S3/c14-10-6-4-2-1-3-5-7-11-15-13-9-8-12-16-13/h8-9,12,14H,1-7,10-11H2. The number of thiophene rings is 1. The minimum absolute atomic E-state index is 1.05. The Morgan fingerprint density at radius 2 is 1.69 bits per heavy atom. The fourth-order valence-electron chi connectivity index (χ4n) is 1.62. The Morgan fingerprint density at radius 3 is 2.31 bits per heavy atom. The van der Waals surface area contributed by atoms with Crippen molar-refractivity contribution in [2.75, 3.05) is 11.5 Å². The van der Waals surface area contributed by atoms with Gasteiger partial charge in [0.15, 0.2) is 0 Å². The molecular weight excluding hydrogens is 252 g/mol. The Balaban J connectivity index is 1.78. The van der Waals surface area contributed by atoms with Crippen LogP contribution in [0.15, 0.2) is 21.7 Å². The van der Waals surface area contributed by atoms with Gasteiger partial charge in [-0.25, -0.2) is 0 Å². The predicted molar refractivity (Wildman–Crippen MR) is 81.2 cm³/mol. The molecule has 92 valence electrons. The summed E-state index contributed by atoms with van der Waals surface area (Å²) in [5.74, 6) is 2.34. The summed E-state index contributed by atoms with van der Waals surface area (Å²) in [6, 6.07) is 4.35. The Labute approximate surface area is 114 Å². The second-order valence-corrected chi connectivity index (χ2v) is 6.77. The van der Waals surface area contributed by atoms with E-state index >= 15 is 0 Å². The molecule has 0 nitrogen and oxygen atoms in total. The van der Waals surface area contributed by atoms with Crippen LogP contribution in [0, 0.1) is 0 Å². The molecule has 0 saturated heterocycles. The molecule has 3 heteroatoms. The third-order valence-corrected chi connectivity index (χ3v) is 5.08. The van der Waals surface area contributed by atoms with E-state index in [0.29, 0.717) is 0 Å². The monoisotopic (exact) mass is 274 g/mol. The average Bonchev–Trinajstić information content (AvgIpc) is 2.80. The van der Waals surface area contributed by atoms with Gasteiger partial charge in [-0.1, -0.05) is 38.2 Å². The van der Waals surface area contributed by atoms with Crippen molar-refractivity contribution in [1.82, 2.24) is 0 Å². The molecule has 0 radical (unpaired) electrons. The highest BCUT2D eigenvalue weighted by atomic mass is 32.2. The Kier molecular flexibility index (Phi) is 9.53. The van der Waals surface area contributed by atoms with Gasteiger partial charge in [0.25, 0.3) is 0 Å². The molecule has 0 atom stereocenters. The van der Waals surface area contributed by atoms with Crippen LogP contribution in [0.3, 0.4) is 0 Å². The predicted octanol–water partition coefficient (Wildman–Crippen LogP) is 5.50. The molecule has 0 N–H and O–H groups in total. The second-order valence-electron chi connectivity index (χ2n) is 3.98. The molecule has 1 heterocycles. The number of rotatable bonds is 10. The largest absolute Gasteiger partial charge is 0.179 e. The molecule has 0 amide bonds. The van der Waals surface area contributed by atoms with Crippen LogP contribution >= 0.6 is 35.7 Å². The van der Waals surface area contributed by atoms with Gasteiger partial charge in [0, 0.05) is 0 Å². The maximum atomic E-state index is 4.22. The van der Waals surface area contributed by atoms with E-state index in [0.717, 1.165) is 5.75 Å². The molecule has 0 aromatic carbocycles. The topological polar surface area (TPSA) is 0 Å². The fraction of sp³-hybridized carbons (Fsp3) is 0.692. The molecule has 0 unspecified atom stereocenters. The molecule has 0 aliphatic rings. The molecule has 1 rings (SSSR count). The van der Waals surface area contributed by atoms with Gasteiger partial charge in [0.1, 0.15) is 0 Å². The fourth-order valence-corrected chi connectivity index (χ4v) is 3.70. The summed E-state index contributed by atoms with van der Waals surface area (Å²) in [5.41, 5.74) is 0. The van der Waals surface area contributed by atoms with E-state index in [9.17, 15) is 0 Å². The van der Waals surface area contributed by atoms with Crippen LogP contribution in [-0.4, -0.2) is 11.5 Å². The molecule has 1 aromatic rings. The molecule has 0 bridgehead atoms. The molecule has 0 saturated carbocycles. The van der Waals surface area contributed by atoms with Crippen molar-refractivity contribution in [3.8, 4) is 0 Å². The van der Waals surface area contributed by atoms with Gasteiger partial charge in [-0.2, -0.15) is 12.6 Å². The molecule has 0 aliphatic carbocycles. The third kappa shape index (κ3) is 7.64. The van der Waals surface area contributed by atoms with Crippen molar-refractivity contribution in [3.63, 3.8) is 0 Å². The zero-order chi connectivity index (χ0) is 11.5. The van der Waals surface area contributed by atoms with E-state index < -0.39 is 0 Å². The van der Waals surface area contributed by atoms with Crippen LogP contribution in [0.5, 0.6) is 0 Å². The van der Waals surface area contributed by atoms with Crippen molar-refractivity contribution in [2.45, 2.75) is 49.2 Å². The van der Waals surface area contributed by atoms with E-state index in [2.05, 4.69) is 30.1 Å². The first-order chi connectivity index (χ1) is 7.93. The highest BCUT2D eigenvalue weighted by molar-refractivity contribution is 8.01. The molecule has 0 fully saturated rings. The van der Waals surface area contributed by atoms with Gasteiger partial charge in [-0.3, -0.25) is 0 Å². The number of thioether (sulfide) groups is 1. The maximum Gasteiger partial charge on any atom is 0.0598 e. The first kappa shape index (κ1) is 14.5. The summed E-state index contributed by atoms with van der Waals surface area (Å²) in [7, 11) is 0. The van der Waals surface area contributed by atoms with Crippen molar-refractivity contribution >= 4 is 35.7 Å². The lowest BCUT2D eigenvalue weighted by molar-refractivity contribution is 0.605. The van der Waals surface area contributed by atoms with Crippen LogP contribution in [0.2, 0.25) is 0 Å². The van der Waals surface area contributed by atoms with E-state index in [1.54, 1.807) is 0 Å². The first-order valence-corrected chi connectivity index (χ1v) is 8.70. The van der Waals surface area contributed by atoms with Gasteiger partial charge >= 0.3 is 0 Å². The Bertz CT molecular complexity index is 231. The molecule has 0 aliphatic heterocycles. The minimum Gasteiger partial charge on any atom is -0.179 e. The van der Waals surface area contributed by atoms with Crippen molar-refractivity contribution < 1.29 is 0 Å². The van der Waals surface area contributed by atoms with E-state index in [4.69, 9.17) is 0 Å². The highest BCUT2D eigenvalue weighted by Gasteiger charge is 1.95. The number of thiol groups is 1. The maximum absolute atomic E-state index is 4.22. The van der Waals surface area contributed by atoms with Crippen LogP contribution in [0.1, 0.15) is 44.9 Å². The number of unbranched alkanes of at least 4 members (excludes halogenated alkanes) is 6. The average molecular weight is 275 g/mol. The SMILES string of the molecule is SCCCCCCCCCSc1cccs1. The van der Waals surface area contributed by atoms with E-state index in [1.807, 2.05) is 23.1 Å². The van der Waals surface area contributed by atoms with Gasteiger partial charge in [-0.05, 0) is 35.8 Å². The minimum atomic E-state index is 1.05. The van der Waals surface area contributed by atoms with Crippen molar-refractivity contribution in [1.29, 1.82) is 0 Å². The van der Waals surface area contributed by atoms with Gasteiger partial charge in [0.2, 0.25) is 0 Å². The van der Waals surface area contributed by atoms with Crippen molar-refractivity contribution in [2.24, 2.45) is 0 Å². The number of hydrogen-bond donors (Lipinski definition) is 1. The lowest BCUT2D eigenvalue weighted by Crippen LogP contribution is -1.83. The highest BCUT2D eigenvalue weighted by Crippen LogP contribution is 2.24. The lowest BCUT2D eigenvalue weighted by atomic mass is 10.1. The quantitative estimate of drug-likeness (QED) is 0.334. The van der Waals surface area contributed by atoms with Crippen molar-refractivity contribution in [3.05, 3.63) is 17.5 Å².